The highest BCUT2D eigenvalue weighted by molar-refractivity contribution is 7.93. The number of halogens is 1. The highest BCUT2D eigenvalue weighted by Gasteiger charge is 2.31. The molecular formula is C27H31ClN4O4S. The number of nitrogens with zero attached hydrogens (tertiary/aromatic N) is 1. The number of amides is 1. The van der Waals surface area contributed by atoms with E-state index in [1.165, 1.54) is 16.4 Å². The normalized spacial score (nSPS) is 12.1. The lowest BCUT2D eigenvalue weighted by atomic mass is 10.1. The minimum absolute atomic E-state index is 0.0106. The number of hydrogen-bond donors (Lipinski definition) is 3. The van der Waals surface area contributed by atoms with E-state index >= 15 is 0 Å². The first-order valence-corrected chi connectivity index (χ1v) is 13.6. The predicted octanol–water partition coefficient (Wildman–Crippen LogP) is 4.40. The number of nitrogens with one attached hydrogen (secondary N) is 1. The second-order valence-corrected chi connectivity index (χ2v) is 11.0. The molecule has 0 aliphatic rings. The molecule has 0 radical (unpaired) electrons. The van der Waals surface area contributed by atoms with Crippen LogP contribution in [0.2, 0.25) is 5.02 Å². The van der Waals surface area contributed by atoms with Gasteiger partial charge in [-0.15, -0.1) is 0 Å². The van der Waals surface area contributed by atoms with Gasteiger partial charge in [0, 0.05) is 30.5 Å². The van der Waals surface area contributed by atoms with E-state index in [2.05, 4.69) is 0 Å². The van der Waals surface area contributed by atoms with E-state index in [1.54, 1.807) is 43.3 Å². The Morgan fingerprint density at radius 2 is 1.76 bits per heavy atom. The molecule has 0 aliphatic carbocycles. The number of ether oxygens (including phenoxy) is 1. The maximum atomic E-state index is 13.8. The van der Waals surface area contributed by atoms with Crippen LogP contribution < -0.4 is 20.5 Å². The summed E-state index contributed by atoms with van der Waals surface area (Å²) in [5.41, 5.74) is 13.7. The van der Waals surface area contributed by atoms with Gasteiger partial charge < -0.3 is 16.2 Å². The Hall–Kier alpha value is -3.56. The number of aryl methyl sites for hydroxylation is 1. The fourth-order valence-corrected chi connectivity index (χ4v) is 6.10. The molecule has 1 atom stereocenters. The first-order chi connectivity index (χ1) is 17.5. The molecule has 5 N–H and O–H groups in total. The van der Waals surface area contributed by atoms with Crippen molar-refractivity contribution in [2.75, 3.05) is 10.9 Å². The van der Waals surface area contributed by atoms with Crippen LogP contribution in [0.15, 0.2) is 71.6 Å². The van der Waals surface area contributed by atoms with Crippen LogP contribution in [-0.4, -0.2) is 32.8 Å². The molecular weight excluding hydrogens is 512 g/mol. The van der Waals surface area contributed by atoms with E-state index in [4.69, 9.17) is 33.2 Å². The molecule has 0 aliphatic heterocycles. The Labute approximate surface area is 222 Å². The smallest absolute Gasteiger partial charge is 0.266 e. The van der Waals surface area contributed by atoms with Crippen LogP contribution in [0.1, 0.15) is 36.5 Å². The van der Waals surface area contributed by atoms with Crippen LogP contribution in [-0.2, 0) is 21.2 Å². The summed E-state index contributed by atoms with van der Waals surface area (Å²) in [5.74, 6) is 0.0137. The lowest BCUT2D eigenvalue weighted by molar-refractivity contribution is -0.118. The molecule has 0 aromatic heterocycles. The van der Waals surface area contributed by atoms with Crippen LogP contribution in [0.4, 0.5) is 5.69 Å². The minimum atomic E-state index is -4.07. The van der Waals surface area contributed by atoms with Gasteiger partial charge >= 0.3 is 0 Å². The molecule has 196 valence electrons. The lowest BCUT2D eigenvalue weighted by Crippen LogP contribution is -2.39. The van der Waals surface area contributed by atoms with Gasteiger partial charge in [-0.2, -0.15) is 0 Å². The van der Waals surface area contributed by atoms with Gasteiger partial charge in [0.05, 0.1) is 17.3 Å². The molecule has 0 heterocycles. The summed E-state index contributed by atoms with van der Waals surface area (Å²) in [4.78, 5) is 11.4. The largest absolute Gasteiger partial charge is 0.493 e. The van der Waals surface area contributed by atoms with Crippen molar-refractivity contribution < 1.29 is 17.9 Å². The van der Waals surface area contributed by atoms with Gasteiger partial charge in [0.15, 0.2) is 0 Å². The fraction of sp³-hybridized carbons (Fsp3) is 0.259. The first-order valence-electron chi connectivity index (χ1n) is 11.7. The Balaban J connectivity index is 1.89. The number of rotatable bonds is 12. The monoisotopic (exact) mass is 542 g/mol. The first kappa shape index (κ1) is 28.0. The van der Waals surface area contributed by atoms with Crippen molar-refractivity contribution in [1.29, 1.82) is 5.41 Å². The minimum Gasteiger partial charge on any atom is -0.493 e. The third-order valence-corrected chi connectivity index (χ3v) is 8.24. The molecule has 3 rings (SSSR count). The number of carbonyl (C=O) groups excluding carboxylic acids is 1. The van der Waals surface area contributed by atoms with Gasteiger partial charge in [-0.1, -0.05) is 48.0 Å². The zero-order chi connectivity index (χ0) is 27.2. The van der Waals surface area contributed by atoms with Crippen molar-refractivity contribution in [3.8, 4) is 5.75 Å². The molecule has 0 fully saturated rings. The summed E-state index contributed by atoms with van der Waals surface area (Å²) in [7, 11) is -4.07. The average Bonchev–Trinajstić information content (AvgIpc) is 2.83. The molecule has 10 heteroatoms. The molecule has 37 heavy (non-hydrogen) atoms. The third kappa shape index (κ3) is 7.24. The van der Waals surface area contributed by atoms with Crippen molar-refractivity contribution in [3.63, 3.8) is 0 Å². The Bertz CT molecular complexity index is 1380. The van der Waals surface area contributed by atoms with Crippen LogP contribution in [0.25, 0.3) is 0 Å². The maximum absolute atomic E-state index is 13.8. The quantitative estimate of drug-likeness (QED) is 0.230. The number of benzene rings is 3. The topological polar surface area (TPSA) is 140 Å². The number of sulfonamides is 1. The summed E-state index contributed by atoms with van der Waals surface area (Å²) in [6.07, 6.45) is 0.880. The summed E-state index contributed by atoms with van der Waals surface area (Å²) in [5, 5.41) is 7.60. The van der Waals surface area contributed by atoms with Gasteiger partial charge in [0.1, 0.15) is 16.5 Å². The van der Waals surface area contributed by atoms with E-state index in [0.29, 0.717) is 30.0 Å². The van der Waals surface area contributed by atoms with Gasteiger partial charge in [-0.3, -0.25) is 14.5 Å². The number of nitrogen functional groups attached to an aromatic ring is 1. The van der Waals surface area contributed by atoms with E-state index < -0.39 is 22.0 Å². The summed E-state index contributed by atoms with van der Waals surface area (Å²) >= 11 is 6.27. The van der Waals surface area contributed by atoms with Crippen LogP contribution >= 0.6 is 11.6 Å². The van der Waals surface area contributed by atoms with Crippen molar-refractivity contribution in [1.82, 2.24) is 0 Å². The van der Waals surface area contributed by atoms with Crippen LogP contribution in [0.5, 0.6) is 5.75 Å². The standard InChI is InChI=1S/C27H31ClN4O4S/c1-18-15-22(17-23(16-18)36-14-13-20-8-10-21(11-9-20)27(30)31)32(19(2)7-12-26(29)33)37(34,35)25-6-4-3-5-24(25)28/h3-6,8-11,15-17,19H,7,12-14H2,1-2H3,(H2,29,33)(H3,30,31). The number of hydrogen-bond acceptors (Lipinski definition) is 5. The number of anilines is 1. The van der Waals surface area contributed by atoms with Crippen LogP contribution in [0, 0.1) is 12.3 Å². The van der Waals surface area contributed by atoms with E-state index in [-0.39, 0.29) is 28.6 Å². The molecule has 3 aromatic carbocycles. The molecule has 0 saturated carbocycles. The van der Waals surface area contributed by atoms with E-state index in [9.17, 15) is 13.2 Å². The molecule has 0 spiro atoms. The molecule has 1 unspecified atom stereocenters. The summed E-state index contributed by atoms with van der Waals surface area (Å²) in [6, 6.07) is 18.3. The number of primary amides is 1. The molecule has 3 aromatic rings. The van der Waals surface area contributed by atoms with Gasteiger partial charge in [-0.05, 0) is 55.7 Å². The second kappa shape index (κ2) is 12.1. The predicted molar refractivity (Wildman–Crippen MR) is 147 cm³/mol. The third-order valence-electron chi connectivity index (χ3n) is 5.80. The highest BCUT2D eigenvalue weighted by Crippen LogP contribution is 2.34. The summed E-state index contributed by atoms with van der Waals surface area (Å²) in [6.45, 7) is 3.94. The number of nitrogens with two attached hydrogens (primary N) is 2. The lowest BCUT2D eigenvalue weighted by Gasteiger charge is -2.31. The number of carbonyl (C=O) groups is 1. The zero-order valence-corrected chi connectivity index (χ0v) is 22.4. The Morgan fingerprint density at radius 1 is 1.08 bits per heavy atom. The van der Waals surface area contributed by atoms with Gasteiger partial charge in [0.2, 0.25) is 5.91 Å². The Kier molecular flexibility index (Phi) is 9.18. The fourth-order valence-electron chi connectivity index (χ4n) is 3.94. The second-order valence-electron chi connectivity index (χ2n) is 8.80. The van der Waals surface area contributed by atoms with Crippen molar-refractivity contribution in [2.24, 2.45) is 11.5 Å². The average molecular weight is 543 g/mol. The zero-order valence-electron chi connectivity index (χ0n) is 20.8. The molecule has 0 bridgehead atoms. The van der Waals surface area contributed by atoms with E-state index in [1.807, 2.05) is 25.1 Å². The van der Waals surface area contributed by atoms with E-state index in [0.717, 1.165) is 11.1 Å². The summed E-state index contributed by atoms with van der Waals surface area (Å²) < 4.78 is 34.9. The van der Waals surface area contributed by atoms with Gasteiger partial charge in [-0.25, -0.2) is 8.42 Å². The Morgan fingerprint density at radius 3 is 2.38 bits per heavy atom. The SMILES string of the molecule is Cc1cc(OCCc2ccc(C(=N)N)cc2)cc(N(C(C)CCC(N)=O)S(=O)(=O)c2ccccc2Cl)c1. The maximum Gasteiger partial charge on any atom is 0.266 e. The molecule has 8 nitrogen and oxygen atoms in total. The van der Waals surface area contributed by atoms with Gasteiger partial charge in [0.25, 0.3) is 10.0 Å². The van der Waals surface area contributed by atoms with Crippen LogP contribution in [0.3, 0.4) is 0 Å². The highest BCUT2D eigenvalue weighted by atomic mass is 35.5. The van der Waals surface area contributed by atoms with Crippen molar-refractivity contribution >= 4 is 39.1 Å². The molecule has 0 saturated heterocycles. The van der Waals surface area contributed by atoms with Crippen molar-refractivity contribution in [3.05, 3.63) is 88.4 Å². The van der Waals surface area contributed by atoms with Crippen molar-refractivity contribution in [2.45, 2.75) is 44.0 Å². The number of amidine groups is 1. The molecule has 1 amide bonds.